The fraction of sp³-hybridized carbons (Fsp3) is 0.278. The molecule has 0 fully saturated rings. The minimum atomic E-state index is -0.392. The van der Waals surface area contributed by atoms with Gasteiger partial charge in [0.25, 0.3) is 0 Å². The average Bonchev–Trinajstić information content (AvgIpc) is 2.58. The Morgan fingerprint density at radius 2 is 2.00 bits per heavy atom. The molecule has 0 saturated carbocycles. The Bertz CT molecular complexity index is 735. The van der Waals surface area contributed by atoms with Crippen molar-refractivity contribution in [2.45, 2.75) is 6.54 Å². The molecule has 2 aromatic carbocycles. The number of amides is 1. The lowest BCUT2D eigenvalue weighted by Gasteiger charge is -2.18. The largest absolute Gasteiger partial charge is 0.497 e. The summed E-state index contributed by atoms with van der Waals surface area (Å²) in [6.45, 7) is 0.290. The maximum absolute atomic E-state index is 13.8. The minimum absolute atomic E-state index is 0.0693. The van der Waals surface area contributed by atoms with Gasteiger partial charge in [0.2, 0.25) is 5.91 Å². The third-order valence-corrected chi connectivity index (χ3v) is 3.94. The summed E-state index contributed by atoms with van der Waals surface area (Å²) in [4.78, 5) is 13.9. The van der Waals surface area contributed by atoms with E-state index in [4.69, 9.17) is 21.1 Å². The van der Waals surface area contributed by atoms with E-state index in [-0.39, 0.29) is 19.0 Å². The molecule has 0 aliphatic carbocycles. The number of methoxy groups -OCH3 is 2. The van der Waals surface area contributed by atoms with Gasteiger partial charge in [0.15, 0.2) is 0 Å². The van der Waals surface area contributed by atoms with Gasteiger partial charge in [0.05, 0.1) is 26.5 Å². The van der Waals surface area contributed by atoms with E-state index in [0.29, 0.717) is 27.8 Å². The first kappa shape index (κ1) is 19.0. The van der Waals surface area contributed by atoms with Crippen molar-refractivity contribution in [1.82, 2.24) is 4.90 Å². The summed E-state index contributed by atoms with van der Waals surface area (Å²) in [5.74, 6) is 0.476. The van der Waals surface area contributed by atoms with E-state index < -0.39 is 5.82 Å². The molecule has 0 bridgehead atoms. The molecule has 0 aliphatic heterocycles. The molecule has 2 aromatic rings. The number of ether oxygens (including phenoxy) is 2. The smallest absolute Gasteiger partial charge is 0.238 e. The normalized spacial score (nSPS) is 10.6. The number of halogens is 2. The predicted molar refractivity (Wildman–Crippen MR) is 95.9 cm³/mol. The third kappa shape index (κ3) is 5.08. The summed E-state index contributed by atoms with van der Waals surface area (Å²) < 4.78 is 24.2. The Balaban J connectivity index is 2.00. The zero-order valence-electron chi connectivity index (χ0n) is 14.3. The van der Waals surface area contributed by atoms with Gasteiger partial charge in [-0.05, 0) is 31.3 Å². The maximum Gasteiger partial charge on any atom is 0.238 e. The standard InChI is InChI=1S/C18H20ClFN2O3/c1-22(10-13-14(19)5-4-6-15(13)20)11-18(23)21-16-8-7-12(24-2)9-17(16)25-3/h4-9H,10-11H2,1-3H3,(H,21,23). The van der Waals surface area contributed by atoms with Gasteiger partial charge in [-0.15, -0.1) is 0 Å². The van der Waals surface area contributed by atoms with Crippen molar-refractivity contribution in [3.05, 3.63) is 52.8 Å². The summed E-state index contributed by atoms with van der Waals surface area (Å²) in [7, 11) is 4.78. The van der Waals surface area contributed by atoms with Crippen LogP contribution in [0.3, 0.4) is 0 Å². The topological polar surface area (TPSA) is 50.8 Å². The number of nitrogens with zero attached hydrogens (tertiary/aromatic N) is 1. The third-order valence-electron chi connectivity index (χ3n) is 3.59. The fourth-order valence-corrected chi connectivity index (χ4v) is 2.57. The Morgan fingerprint density at radius 3 is 2.64 bits per heavy atom. The van der Waals surface area contributed by atoms with E-state index in [1.807, 2.05) is 0 Å². The lowest BCUT2D eigenvalue weighted by Crippen LogP contribution is -2.30. The van der Waals surface area contributed by atoms with Crippen LogP contribution in [0.2, 0.25) is 5.02 Å². The zero-order chi connectivity index (χ0) is 18.4. The van der Waals surface area contributed by atoms with Crippen LogP contribution in [0.1, 0.15) is 5.56 Å². The Kier molecular flexibility index (Phi) is 6.61. The van der Waals surface area contributed by atoms with E-state index in [2.05, 4.69) is 5.32 Å². The molecule has 0 aromatic heterocycles. The average molecular weight is 367 g/mol. The molecule has 7 heteroatoms. The maximum atomic E-state index is 13.8. The fourth-order valence-electron chi connectivity index (χ4n) is 2.35. The highest BCUT2D eigenvalue weighted by molar-refractivity contribution is 6.31. The number of hydrogen-bond acceptors (Lipinski definition) is 4. The second-order valence-electron chi connectivity index (χ2n) is 5.49. The van der Waals surface area contributed by atoms with Crippen LogP contribution in [-0.4, -0.2) is 38.6 Å². The van der Waals surface area contributed by atoms with Crippen LogP contribution < -0.4 is 14.8 Å². The second-order valence-corrected chi connectivity index (χ2v) is 5.89. The monoisotopic (exact) mass is 366 g/mol. The summed E-state index contributed by atoms with van der Waals surface area (Å²) in [6, 6.07) is 9.61. The summed E-state index contributed by atoms with van der Waals surface area (Å²) in [5.41, 5.74) is 0.895. The second kappa shape index (κ2) is 8.69. The van der Waals surface area contributed by atoms with E-state index in [1.165, 1.54) is 13.2 Å². The van der Waals surface area contributed by atoms with Gasteiger partial charge in [-0.2, -0.15) is 0 Å². The molecule has 0 aliphatic rings. The summed E-state index contributed by atoms with van der Waals surface area (Å²) in [6.07, 6.45) is 0. The number of likely N-dealkylation sites (N-methyl/N-ethyl adjacent to an activating group) is 1. The number of rotatable bonds is 7. The quantitative estimate of drug-likeness (QED) is 0.814. The molecule has 0 unspecified atom stereocenters. The molecule has 0 heterocycles. The van der Waals surface area contributed by atoms with Gasteiger partial charge in [0.1, 0.15) is 17.3 Å². The molecule has 2 rings (SSSR count). The molecule has 5 nitrogen and oxygen atoms in total. The lowest BCUT2D eigenvalue weighted by molar-refractivity contribution is -0.117. The molecule has 1 amide bonds. The van der Waals surface area contributed by atoms with Crippen molar-refractivity contribution < 1.29 is 18.7 Å². The van der Waals surface area contributed by atoms with Crippen molar-refractivity contribution in [1.29, 1.82) is 0 Å². The summed E-state index contributed by atoms with van der Waals surface area (Å²) >= 11 is 6.01. The van der Waals surface area contributed by atoms with Crippen LogP contribution in [0.4, 0.5) is 10.1 Å². The first-order chi connectivity index (χ1) is 11.9. The first-order valence-electron chi connectivity index (χ1n) is 7.58. The highest BCUT2D eigenvalue weighted by Gasteiger charge is 2.14. The molecule has 0 radical (unpaired) electrons. The Morgan fingerprint density at radius 1 is 1.24 bits per heavy atom. The number of nitrogens with one attached hydrogen (secondary N) is 1. The number of hydrogen-bond donors (Lipinski definition) is 1. The SMILES string of the molecule is COc1ccc(NC(=O)CN(C)Cc2c(F)cccc2Cl)c(OC)c1. The van der Waals surface area contributed by atoms with Crippen molar-refractivity contribution in [3.63, 3.8) is 0 Å². The molecular formula is C18H20ClFN2O3. The number of carbonyl (C=O) groups is 1. The van der Waals surface area contributed by atoms with Crippen LogP contribution >= 0.6 is 11.6 Å². The van der Waals surface area contributed by atoms with E-state index in [9.17, 15) is 9.18 Å². The van der Waals surface area contributed by atoms with Crippen molar-refractivity contribution >= 4 is 23.2 Å². The first-order valence-corrected chi connectivity index (χ1v) is 7.95. The van der Waals surface area contributed by atoms with Gasteiger partial charge in [-0.3, -0.25) is 9.69 Å². The zero-order valence-corrected chi connectivity index (χ0v) is 15.1. The molecule has 0 spiro atoms. The van der Waals surface area contributed by atoms with Gasteiger partial charge in [-0.1, -0.05) is 17.7 Å². The minimum Gasteiger partial charge on any atom is -0.497 e. The van der Waals surface area contributed by atoms with Crippen LogP contribution in [0.25, 0.3) is 0 Å². The molecule has 0 saturated heterocycles. The molecule has 25 heavy (non-hydrogen) atoms. The Hall–Kier alpha value is -2.31. The highest BCUT2D eigenvalue weighted by Crippen LogP contribution is 2.29. The molecular weight excluding hydrogens is 347 g/mol. The van der Waals surface area contributed by atoms with Gasteiger partial charge in [0, 0.05) is 23.2 Å². The van der Waals surface area contributed by atoms with Crippen molar-refractivity contribution in [2.24, 2.45) is 0 Å². The summed E-state index contributed by atoms with van der Waals surface area (Å²) in [5, 5.41) is 3.11. The van der Waals surface area contributed by atoms with E-state index >= 15 is 0 Å². The number of carbonyl (C=O) groups excluding carboxylic acids is 1. The lowest BCUT2D eigenvalue weighted by atomic mass is 10.2. The van der Waals surface area contributed by atoms with Gasteiger partial charge >= 0.3 is 0 Å². The molecule has 0 atom stereocenters. The highest BCUT2D eigenvalue weighted by atomic mass is 35.5. The molecule has 1 N–H and O–H groups in total. The van der Waals surface area contributed by atoms with Crippen LogP contribution in [0, 0.1) is 5.82 Å². The van der Waals surface area contributed by atoms with E-state index in [1.54, 1.807) is 49.4 Å². The van der Waals surface area contributed by atoms with Crippen molar-refractivity contribution in [3.8, 4) is 11.5 Å². The van der Waals surface area contributed by atoms with Gasteiger partial charge in [-0.25, -0.2) is 4.39 Å². The molecule has 134 valence electrons. The van der Waals surface area contributed by atoms with Crippen LogP contribution in [-0.2, 0) is 11.3 Å². The number of anilines is 1. The van der Waals surface area contributed by atoms with Gasteiger partial charge < -0.3 is 14.8 Å². The predicted octanol–water partition coefficient (Wildman–Crippen LogP) is 3.57. The van der Waals surface area contributed by atoms with Crippen LogP contribution in [0.5, 0.6) is 11.5 Å². The van der Waals surface area contributed by atoms with Crippen LogP contribution in [0.15, 0.2) is 36.4 Å². The van der Waals surface area contributed by atoms with E-state index in [0.717, 1.165) is 0 Å². The van der Waals surface area contributed by atoms with Crippen molar-refractivity contribution in [2.75, 3.05) is 33.1 Å². The number of benzene rings is 2. The Labute approximate surface area is 151 Å².